The molecule has 21 heavy (non-hydrogen) atoms. The first-order valence-electron chi connectivity index (χ1n) is 7.35. The lowest BCUT2D eigenvalue weighted by atomic mass is 10.4. The van der Waals surface area contributed by atoms with Crippen LogP contribution in [0.15, 0.2) is 60.7 Å². The SMILES string of the molecule is [CH2]C(=O)O[Si](CCCC)(c1ccccc1)c1ccccc1. The van der Waals surface area contributed by atoms with Gasteiger partial charge in [0.05, 0.1) is 6.92 Å². The molecule has 1 radical (unpaired) electrons. The Kier molecular flexibility index (Phi) is 5.34. The second kappa shape index (κ2) is 7.23. The number of unbranched alkanes of at least 4 members (excludes halogenated alkanes) is 1. The summed E-state index contributed by atoms with van der Waals surface area (Å²) in [7, 11) is -2.54. The number of hydrogen-bond donors (Lipinski definition) is 0. The van der Waals surface area contributed by atoms with Crippen molar-refractivity contribution in [3.05, 3.63) is 67.6 Å². The number of hydrogen-bond acceptors (Lipinski definition) is 2. The summed E-state index contributed by atoms with van der Waals surface area (Å²) in [6.45, 7) is 5.61. The van der Waals surface area contributed by atoms with E-state index in [1.54, 1.807) is 0 Å². The van der Waals surface area contributed by atoms with E-state index in [0.29, 0.717) is 0 Å². The molecule has 2 aromatic rings. The molecular weight excluding hydrogens is 276 g/mol. The standard InChI is InChI=1S/C18H21O2Si/c1-3-4-15-21(20-16(2)19,17-11-7-5-8-12-17)18-13-9-6-10-14-18/h5-14H,2-4,15H2,1H3. The molecule has 0 atom stereocenters. The van der Waals surface area contributed by atoms with Crippen molar-refractivity contribution >= 4 is 24.7 Å². The van der Waals surface area contributed by atoms with Gasteiger partial charge >= 0.3 is 8.32 Å². The predicted molar refractivity (Wildman–Crippen MR) is 89.1 cm³/mol. The van der Waals surface area contributed by atoms with Gasteiger partial charge in [-0.05, 0) is 16.4 Å². The highest BCUT2D eigenvalue weighted by molar-refractivity contribution is 6.98. The molecule has 0 bridgehead atoms. The third kappa shape index (κ3) is 3.61. The summed E-state index contributed by atoms with van der Waals surface area (Å²) in [5, 5.41) is 2.25. The highest BCUT2D eigenvalue weighted by Gasteiger charge is 2.41. The van der Waals surface area contributed by atoms with Crippen LogP contribution < -0.4 is 10.4 Å². The van der Waals surface area contributed by atoms with Crippen LogP contribution in [0.4, 0.5) is 0 Å². The van der Waals surface area contributed by atoms with Gasteiger partial charge in [0.25, 0.3) is 5.97 Å². The molecule has 2 nitrogen and oxygen atoms in total. The molecule has 0 aliphatic rings. The molecule has 0 aliphatic carbocycles. The maximum absolute atomic E-state index is 11.7. The van der Waals surface area contributed by atoms with Crippen molar-refractivity contribution in [1.82, 2.24) is 0 Å². The van der Waals surface area contributed by atoms with E-state index in [1.807, 2.05) is 36.4 Å². The Morgan fingerprint density at radius 2 is 1.48 bits per heavy atom. The van der Waals surface area contributed by atoms with Gasteiger partial charge in [0.2, 0.25) is 0 Å². The van der Waals surface area contributed by atoms with Crippen molar-refractivity contribution in [3.8, 4) is 0 Å². The normalized spacial score (nSPS) is 11.1. The number of carbonyl (C=O) groups is 1. The van der Waals surface area contributed by atoms with E-state index in [2.05, 4.69) is 38.1 Å². The fraction of sp³-hybridized carbons (Fsp3) is 0.222. The molecule has 2 aromatic carbocycles. The maximum atomic E-state index is 11.7. The smallest absolute Gasteiger partial charge is 0.318 e. The quantitative estimate of drug-likeness (QED) is 0.766. The Labute approximate surface area is 127 Å². The van der Waals surface area contributed by atoms with E-state index < -0.39 is 14.3 Å². The van der Waals surface area contributed by atoms with Crippen LogP contribution >= 0.6 is 0 Å². The summed E-state index contributed by atoms with van der Waals surface area (Å²) in [5.41, 5.74) is 0. The van der Waals surface area contributed by atoms with E-state index >= 15 is 0 Å². The van der Waals surface area contributed by atoms with Gasteiger partial charge in [0, 0.05) is 0 Å². The van der Waals surface area contributed by atoms with Gasteiger partial charge in [-0.25, -0.2) is 0 Å². The molecule has 3 heteroatoms. The van der Waals surface area contributed by atoms with Gasteiger partial charge in [-0.3, -0.25) is 4.79 Å². The molecule has 2 rings (SSSR count). The molecule has 0 saturated carbocycles. The van der Waals surface area contributed by atoms with Crippen molar-refractivity contribution in [2.24, 2.45) is 0 Å². The first-order chi connectivity index (χ1) is 10.2. The molecule has 0 fully saturated rings. The molecule has 0 spiro atoms. The van der Waals surface area contributed by atoms with Gasteiger partial charge in [-0.15, -0.1) is 0 Å². The topological polar surface area (TPSA) is 26.3 Å². The average Bonchev–Trinajstić information content (AvgIpc) is 2.53. The second-order valence-electron chi connectivity index (χ2n) is 5.14. The average molecular weight is 297 g/mol. The van der Waals surface area contributed by atoms with Gasteiger partial charge in [-0.2, -0.15) is 0 Å². The van der Waals surface area contributed by atoms with Crippen LogP contribution in [-0.2, 0) is 9.22 Å². The highest BCUT2D eigenvalue weighted by atomic mass is 28.4. The Hall–Kier alpha value is -1.87. The van der Waals surface area contributed by atoms with E-state index in [-0.39, 0.29) is 0 Å². The van der Waals surface area contributed by atoms with E-state index in [9.17, 15) is 4.79 Å². The largest absolute Gasteiger partial charge is 0.510 e. The van der Waals surface area contributed by atoms with Crippen LogP contribution in [0.2, 0.25) is 6.04 Å². The zero-order valence-corrected chi connectivity index (χ0v) is 13.4. The highest BCUT2D eigenvalue weighted by Crippen LogP contribution is 2.17. The van der Waals surface area contributed by atoms with Crippen LogP contribution in [0.25, 0.3) is 0 Å². The Balaban J connectivity index is 2.56. The van der Waals surface area contributed by atoms with Gasteiger partial charge in [-0.1, -0.05) is 80.4 Å². The minimum absolute atomic E-state index is 0.439. The lowest BCUT2D eigenvalue weighted by Crippen LogP contribution is -2.61. The molecular formula is C18H21O2Si. The van der Waals surface area contributed by atoms with Crippen molar-refractivity contribution in [3.63, 3.8) is 0 Å². The monoisotopic (exact) mass is 297 g/mol. The summed E-state index contributed by atoms with van der Waals surface area (Å²) in [5.74, 6) is -0.439. The summed E-state index contributed by atoms with van der Waals surface area (Å²) in [4.78, 5) is 11.7. The molecule has 0 aliphatic heterocycles. The Bertz CT molecular complexity index is 527. The summed E-state index contributed by atoms with van der Waals surface area (Å²) >= 11 is 0. The number of carbonyl (C=O) groups excluding carboxylic acids is 1. The lowest BCUT2D eigenvalue weighted by molar-refractivity contribution is -0.129. The van der Waals surface area contributed by atoms with Crippen molar-refractivity contribution in [2.45, 2.75) is 25.8 Å². The minimum atomic E-state index is -2.54. The Morgan fingerprint density at radius 1 is 1.00 bits per heavy atom. The molecule has 109 valence electrons. The maximum Gasteiger partial charge on any atom is 0.318 e. The second-order valence-corrected chi connectivity index (χ2v) is 8.65. The van der Waals surface area contributed by atoms with Gasteiger partial charge < -0.3 is 4.43 Å². The molecule has 0 heterocycles. The molecule has 0 saturated heterocycles. The number of rotatable bonds is 6. The first kappa shape index (κ1) is 15.5. The number of benzene rings is 2. The Morgan fingerprint density at radius 3 is 1.86 bits per heavy atom. The van der Waals surface area contributed by atoms with Crippen LogP contribution in [0.5, 0.6) is 0 Å². The molecule has 0 unspecified atom stereocenters. The zero-order chi connectivity index (χ0) is 15.1. The van der Waals surface area contributed by atoms with Crippen molar-refractivity contribution in [2.75, 3.05) is 0 Å². The van der Waals surface area contributed by atoms with Crippen molar-refractivity contribution < 1.29 is 9.22 Å². The third-order valence-electron chi connectivity index (χ3n) is 3.65. The summed E-state index contributed by atoms with van der Waals surface area (Å²) < 4.78 is 5.90. The van der Waals surface area contributed by atoms with E-state index in [4.69, 9.17) is 4.43 Å². The van der Waals surface area contributed by atoms with Gasteiger partial charge in [0.15, 0.2) is 0 Å². The van der Waals surface area contributed by atoms with Crippen LogP contribution in [-0.4, -0.2) is 14.3 Å². The molecule has 0 N–H and O–H groups in total. The minimum Gasteiger partial charge on any atom is -0.510 e. The summed E-state index contributed by atoms with van der Waals surface area (Å²) in [6.07, 6.45) is 2.10. The lowest BCUT2D eigenvalue weighted by Gasteiger charge is -2.31. The van der Waals surface area contributed by atoms with E-state index in [0.717, 1.165) is 29.3 Å². The fourth-order valence-electron chi connectivity index (χ4n) is 2.66. The molecule has 0 aromatic heterocycles. The third-order valence-corrected chi connectivity index (χ3v) is 7.82. The predicted octanol–water partition coefficient (Wildman–Crippen LogP) is 2.92. The van der Waals surface area contributed by atoms with Crippen LogP contribution in [0.3, 0.4) is 0 Å². The van der Waals surface area contributed by atoms with Crippen molar-refractivity contribution in [1.29, 1.82) is 0 Å². The first-order valence-corrected chi connectivity index (χ1v) is 9.46. The molecule has 0 amide bonds. The van der Waals surface area contributed by atoms with Crippen LogP contribution in [0.1, 0.15) is 19.8 Å². The van der Waals surface area contributed by atoms with Gasteiger partial charge in [0.1, 0.15) is 0 Å². The van der Waals surface area contributed by atoms with Crippen LogP contribution in [0, 0.1) is 6.92 Å². The fourth-order valence-corrected chi connectivity index (χ4v) is 6.61. The summed E-state index contributed by atoms with van der Waals surface area (Å²) in [6, 6.07) is 21.1. The van der Waals surface area contributed by atoms with E-state index in [1.165, 1.54) is 0 Å². The zero-order valence-electron chi connectivity index (χ0n) is 12.4.